The Hall–Kier alpha value is -3.50. The molecule has 0 saturated heterocycles. The molecule has 0 spiro atoms. The fourth-order valence-corrected chi connectivity index (χ4v) is 3.08. The molecule has 0 radical (unpaired) electrons. The van der Waals surface area contributed by atoms with Crippen LogP contribution in [0.1, 0.15) is 18.2 Å². The van der Waals surface area contributed by atoms with Crippen molar-refractivity contribution in [2.75, 3.05) is 19.5 Å². The number of carbonyl (C=O) groups is 1. The Labute approximate surface area is 175 Å². The number of rotatable bonds is 6. The molecule has 1 N–H and O–H groups in total. The van der Waals surface area contributed by atoms with Crippen LogP contribution >= 0.6 is 0 Å². The lowest BCUT2D eigenvalue weighted by molar-refractivity contribution is -0.136. The summed E-state index contributed by atoms with van der Waals surface area (Å²) in [5, 5.41) is 6.51. The summed E-state index contributed by atoms with van der Waals surface area (Å²) in [7, 11) is 4.40. The van der Waals surface area contributed by atoms with Crippen LogP contribution in [0.5, 0.6) is 17.4 Å². The van der Waals surface area contributed by atoms with Crippen molar-refractivity contribution < 1.29 is 32.2 Å². The second-order valence-electron chi connectivity index (χ2n) is 6.73. The number of amides is 1. The third kappa shape index (κ3) is 4.49. The number of pyridine rings is 1. The summed E-state index contributed by atoms with van der Waals surface area (Å²) < 4.78 is 57.8. The van der Waals surface area contributed by atoms with E-state index in [1.165, 1.54) is 39.8 Å². The van der Waals surface area contributed by atoms with Gasteiger partial charge in [-0.25, -0.2) is 0 Å². The molecular weight excluding hydrogens is 417 g/mol. The SMILES string of the molecule is COc1ccc(NC(=O)[C@H](C)Oc2cc(C(F)(F)F)c3c(C)nn(C)c3n2)c(OC)c1. The number of nitrogens with zero attached hydrogens (tertiary/aromatic N) is 3. The second-order valence-corrected chi connectivity index (χ2v) is 6.73. The van der Waals surface area contributed by atoms with E-state index in [0.29, 0.717) is 17.2 Å². The zero-order chi connectivity index (χ0) is 22.9. The van der Waals surface area contributed by atoms with Crippen LogP contribution in [0, 0.1) is 6.92 Å². The number of aromatic nitrogens is 3. The van der Waals surface area contributed by atoms with Crippen molar-refractivity contribution in [2.45, 2.75) is 26.1 Å². The first-order valence-corrected chi connectivity index (χ1v) is 9.16. The number of benzene rings is 1. The lowest BCUT2D eigenvalue weighted by atomic mass is 10.1. The molecule has 0 bridgehead atoms. The van der Waals surface area contributed by atoms with Crippen molar-refractivity contribution >= 4 is 22.6 Å². The molecule has 0 saturated carbocycles. The molecule has 11 heteroatoms. The number of hydrogen-bond donors (Lipinski definition) is 1. The Morgan fingerprint density at radius 3 is 2.52 bits per heavy atom. The summed E-state index contributed by atoms with van der Waals surface area (Å²) in [6.45, 7) is 2.87. The fourth-order valence-electron chi connectivity index (χ4n) is 3.08. The molecule has 0 fully saturated rings. The van der Waals surface area contributed by atoms with Crippen molar-refractivity contribution in [3.05, 3.63) is 35.5 Å². The number of methoxy groups -OCH3 is 2. The molecule has 0 aliphatic rings. The van der Waals surface area contributed by atoms with Gasteiger partial charge in [-0.15, -0.1) is 0 Å². The summed E-state index contributed by atoms with van der Waals surface area (Å²) in [4.78, 5) is 16.7. The summed E-state index contributed by atoms with van der Waals surface area (Å²) in [6, 6.07) is 5.55. The van der Waals surface area contributed by atoms with Gasteiger partial charge in [0.15, 0.2) is 11.8 Å². The fraction of sp³-hybridized carbons (Fsp3) is 0.350. The van der Waals surface area contributed by atoms with Gasteiger partial charge in [-0.1, -0.05) is 0 Å². The van der Waals surface area contributed by atoms with E-state index < -0.39 is 23.8 Å². The average Bonchev–Trinajstić information content (AvgIpc) is 3.00. The number of nitrogens with one attached hydrogen (secondary N) is 1. The van der Waals surface area contributed by atoms with Crippen LogP contribution in [-0.4, -0.2) is 41.0 Å². The van der Waals surface area contributed by atoms with Gasteiger partial charge in [-0.3, -0.25) is 9.48 Å². The Morgan fingerprint density at radius 2 is 1.90 bits per heavy atom. The largest absolute Gasteiger partial charge is 0.497 e. The standard InChI is InChI=1S/C20H21F3N4O4/c1-10-17-13(20(21,22)23)9-16(25-18(17)27(3)26-10)31-11(2)19(28)24-14-7-6-12(29-4)8-15(14)30-5/h6-9,11H,1-5H3,(H,24,28)/t11-/m0/s1. The van der Waals surface area contributed by atoms with Gasteiger partial charge in [-0.05, 0) is 26.0 Å². The van der Waals surface area contributed by atoms with Gasteiger partial charge >= 0.3 is 6.18 Å². The van der Waals surface area contributed by atoms with Gasteiger partial charge in [-0.2, -0.15) is 23.3 Å². The van der Waals surface area contributed by atoms with Crippen LogP contribution in [0.15, 0.2) is 24.3 Å². The number of hydrogen-bond acceptors (Lipinski definition) is 6. The Bertz CT molecular complexity index is 1130. The number of ether oxygens (including phenoxy) is 3. The molecule has 3 aromatic rings. The van der Waals surface area contributed by atoms with Crippen molar-refractivity contribution in [2.24, 2.45) is 7.05 Å². The highest BCUT2D eigenvalue weighted by Gasteiger charge is 2.36. The van der Waals surface area contributed by atoms with E-state index in [9.17, 15) is 18.0 Å². The molecule has 3 rings (SSSR count). The molecule has 1 amide bonds. The monoisotopic (exact) mass is 438 g/mol. The van der Waals surface area contributed by atoms with Gasteiger partial charge in [0.2, 0.25) is 5.88 Å². The van der Waals surface area contributed by atoms with E-state index >= 15 is 0 Å². The first kappa shape index (κ1) is 22.2. The highest BCUT2D eigenvalue weighted by Crippen LogP contribution is 2.37. The maximum absolute atomic E-state index is 13.6. The minimum absolute atomic E-state index is 0.00626. The average molecular weight is 438 g/mol. The number of fused-ring (bicyclic) bond motifs is 1. The third-order valence-electron chi connectivity index (χ3n) is 4.58. The van der Waals surface area contributed by atoms with Crippen molar-refractivity contribution in [3.8, 4) is 17.4 Å². The van der Waals surface area contributed by atoms with Crippen molar-refractivity contribution in [3.63, 3.8) is 0 Å². The molecule has 1 atom stereocenters. The van der Waals surface area contributed by atoms with E-state index in [2.05, 4.69) is 15.4 Å². The van der Waals surface area contributed by atoms with Gasteiger partial charge in [0, 0.05) is 19.2 Å². The number of anilines is 1. The van der Waals surface area contributed by atoms with Crippen molar-refractivity contribution in [1.82, 2.24) is 14.8 Å². The van der Waals surface area contributed by atoms with Gasteiger partial charge in [0.1, 0.15) is 11.5 Å². The molecule has 2 heterocycles. The number of aryl methyl sites for hydroxylation is 2. The van der Waals surface area contributed by atoms with Crippen LogP contribution in [0.3, 0.4) is 0 Å². The quantitative estimate of drug-likeness (QED) is 0.631. The highest BCUT2D eigenvalue weighted by atomic mass is 19.4. The highest BCUT2D eigenvalue weighted by molar-refractivity contribution is 5.95. The predicted octanol–water partition coefficient (Wildman–Crippen LogP) is 3.72. The third-order valence-corrected chi connectivity index (χ3v) is 4.58. The lowest BCUT2D eigenvalue weighted by Crippen LogP contribution is -2.30. The summed E-state index contributed by atoms with van der Waals surface area (Å²) in [5.74, 6) is -0.0563. The topological polar surface area (TPSA) is 87.5 Å². The summed E-state index contributed by atoms with van der Waals surface area (Å²) >= 11 is 0. The van der Waals surface area contributed by atoms with Gasteiger partial charge < -0.3 is 19.5 Å². The van der Waals surface area contributed by atoms with Gasteiger partial charge in [0.05, 0.1) is 36.6 Å². The summed E-state index contributed by atoms with van der Waals surface area (Å²) in [6.07, 6.45) is -5.79. The van der Waals surface area contributed by atoms with Crippen LogP contribution in [0.4, 0.5) is 18.9 Å². The Balaban J connectivity index is 1.87. The molecule has 31 heavy (non-hydrogen) atoms. The Morgan fingerprint density at radius 1 is 1.19 bits per heavy atom. The van der Waals surface area contributed by atoms with E-state index in [4.69, 9.17) is 14.2 Å². The molecule has 166 valence electrons. The smallest absolute Gasteiger partial charge is 0.417 e. The number of halogens is 3. The van der Waals surface area contributed by atoms with Crippen LogP contribution < -0.4 is 19.5 Å². The number of alkyl halides is 3. The zero-order valence-corrected chi connectivity index (χ0v) is 17.5. The van der Waals surface area contributed by atoms with E-state index in [-0.39, 0.29) is 22.6 Å². The van der Waals surface area contributed by atoms with Crippen molar-refractivity contribution in [1.29, 1.82) is 0 Å². The molecular formula is C20H21F3N4O4. The van der Waals surface area contributed by atoms with Crippen LogP contribution in [0.2, 0.25) is 0 Å². The maximum Gasteiger partial charge on any atom is 0.417 e. The second kappa shape index (κ2) is 8.32. The zero-order valence-electron chi connectivity index (χ0n) is 17.5. The predicted molar refractivity (Wildman–Crippen MR) is 107 cm³/mol. The molecule has 2 aromatic heterocycles. The lowest BCUT2D eigenvalue weighted by Gasteiger charge is -2.17. The molecule has 1 aromatic carbocycles. The van der Waals surface area contributed by atoms with E-state index in [1.54, 1.807) is 18.2 Å². The first-order chi connectivity index (χ1) is 14.5. The van der Waals surface area contributed by atoms with E-state index in [0.717, 1.165) is 6.07 Å². The Kier molecular flexibility index (Phi) is 5.96. The summed E-state index contributed by atoms with van der Waals surface area (Å²) in [5.41, 5.74) is -0.374. The van der Waals surface area contributed by atoms with Crippen LogP contribution in [-0.2, 0) is 18.0 Å². The maximum atomic E-state index is 13.6. The molecule has 0 aliphatic heterocycles. The normalized spacial score (nSPS) is 12.5. The molecule has 0 aliphatic carbocycles. The minimum Gasteiger partial charge on any atom is -0.497 e. The first-order valence-electron chi connectivity index (χ1n) is 9.16. The molecule has 0 unspecified atom stereocenters. The van der Waals surface area contributed by atoms with Crippen LogP contribution in [0.25, 0.3) is 11.0 Å². The number of carbonyl (C=O) groups excluding carboxylic acids is 1. The van der Waals surface area contributed by atoms with E-state index in [1.807, 2.05) is 0 Å². The minimum atomic E-state index is -4.64. The molecule has 8 nitrogen and oxygen atoms in total. The van der Waals surface area contributed by atoms with Gasteiger partial charge in [0.25, 0.3) is 5.91 Å².